The molecule has 1 saturated heterocycles. The van der Waals surface area contributed by atoms with Crippen molar-refractivity contribution < 1.29 is 25.3 Å². The predicted octanol–water partition coefficient (Wildman–Crippen LogP) is 5.10. The number of hydrogen-bond acceptors (Lipinski definition) is 9. The van der Waals surface area contributed by atoms with Crippen molar-refractivity contribution in [2.75, 3.05) is 5.75 Å². The molecule has 0 atom stereocenters. The summed E-state index contributed by atoms with van der Waals surface area (Å²) in [6.07, 6.45) is 5.69. The minimum absolute atomic E-state index is 0.0132. The van der Waals surface area contributed by atoms with Gasteiger partial charge in [0.15, 0.2) is 0 Å². The first-order valence-electron chi connectivity index (χ1n) is 10.9. The minimum atomic E-state index is -4.20. The van der Waals surface area contributed by atoms with Gasteiger partial charge in [-0.3, -0.25) is 4.28 Å². The van der Waals surface area contributed by atoms with Gasteiger partial charge in [-0.2, -0.15) is 22.1 Å². The Morgan fingerprint density at radius 3 is 2.39 bits per heavy atom. The van der Waals surface area contributed by atoms with Gasteiger partial charge in [0.05, 0.1) is 18.2 Å². The van der Waals surface area contributed by atoms with E-state index in [4.69, 9.17) is 13.7 Å². The maximum absolute atomic E-state index is 12.6. The lowest BCUT2D eigenvalue weighted by Gasteiger charge is -2.14. The van der Waals surface area contributed by atoms with Crippen molar-refractivity contribution in [3.8, 4) is 11.8 Å². The van der Waals surface area contributed by atoms with E-state index in [-0.39, 0.29) is 15.5 Å². The van der Waals surface area contributed by atoms with Crippen LogP contribution in [0, 0.1) is 11.3 Å². The zero-order valence-corrected chi connectivity index (χ0v) is 21.7. The van der Waals surface area contributed by atoms with Crippen LogP contribution in [0.1, 0.15) is 26.2 Å². The largest absolute Gasteiger partial charge is 0.379 e. The van der Waals surface area contributed by atoms with E-state index in [1.165, 1.54) is 36.4 Å². The monoisotopic (exact) mass is 542 g/mol. The van der Waals surface area contributed by atoms with Crippen LogP contribution in [-0.4, -0.2) is 28.3 Å². The smallest absolute Gasteiger partial charge is 0.358 e. The first-order valence-corrected chi connectivity index (χ1v) is 14.7. The first kappa shape index (κ1) is 25.8. The van der Waals surface area contributed by atoms with E-state index in [0.29, 0.717) is 24.3 Å². The van der Waals surface area contributed by atoms with Crippen molar-refractivity contribution in [1.29, 1.82) is 5.26 Å². The van der Waals surface area contributed by atoms with E-state index in [9.17, 15) is 16.8 Å². The zero-order chi connectivity index (χ0) is 25.8. The number of rotatable bonds is 7. The molecule has 0 unspecified atom stereocenters. The molecule has 36 heavy (non-hydrogen) atoms. The number of allylic oxidation sites excluding steroid dienone is 6. The number of nitrogens with zero attached hydrogens (tertiary/aromatic N) is 2. The summed E-state index contributed by atoms with van der Waals surface area (Å²) in [7, 11) is -8.24. The second-order valence-corrected chi connectivity index (χ2v) is 12.2. The van der Waals surface area contributed by atoms with Crippen molar-refractivity contribution in [1.82, 2.24) is 0 Å². The molecular weight excluding hydrogens is 520 g/mol. The second-order valence-electron chi connectivity index (χ2n) is 8.02. The van der Waals surface area contributed by atoms with Gasteiger partial charge in [0.2, 0.25) is 0 Å². The van der Waals surface area contributed by atoms with Crippen LogP contribution in [0.25, 0.3) is 0 Å². The molecule has 2 aromatic carbocycles. The summed E-state index contributed by atoms with van der Waals surface area (Å²) in [5.41, 5.74) is 3.77. The fraction of sp³-hybridized carbons (Fsp3) is 0.200. The van der Waals surface area contributed by atoms with Gasteiger partial charge >= 0.3 is 20.2 Å². The lowest BCUT2D eigenvalue weighted by Crippen LogP contribution is -2.10. The van der Waals surface area contributed by atoms with Crippen molar-refractivity contribution in [3.05, 3.63) is 88.4 Å². The summed E-state index contributed by atoms with van der Waals surface area (Å²) in [6, 6.07) is 14.7. The Kier molecular flexibility index (Phi) is 7.68. The summed E-state index contributed by atoms with van der Waals surface area (Å²) in [6.45, 7) is 1.98. The van der Waals surface area contributed by atoms with Crippen LogP contribution in [0.4, 0.5) is 0 Å². The summed E-state index contributed by atoms with van der Waals surface area (Å²) >= 11 is 1.57. The van der Waals surface area contributed by atoms with Crippen molar-refractivity contribution in [2.24, 2.45) is 5.16 Å². The lowest BCUT2D eigenvalue weighted by atomic mass is 9.93. The van der Waals surface area contributed by atoms with Crippen LogP contribution >= 0.6 is 11.8 Å². The molecule has 1 fully saturated rings. The van der Waals surface area contributed by atoms with Gasteiger partial charge in [-0.15, -0.1) is 11.8 Å². The summed E-state index contributed by atoms with van der Waals surface area (Å²) < 4.78 is 59.8. The van der Waals surface area contributed by atoms with E-state index in [2.05, 4.69) is 17.3 Å². The summed E-state index contributed by atoms with van der Waals surface area (Å²) in [4.78, 5) is 0.883. The van der Waals surface area contributed by atoms with Gasteiger partial charge in [0.25, 0.3) is 0 Å². The van der Waals surface area contributed by atoms with E-state index in [1.807, 2.05) is 13.0 Å². The topological polar surface area (TPSA) is 123 Å². The number of thioether (sulfide) groups is 1. The number of oxime groups is 1. The Labute approximate surface area is 214 Å². The van der Waals surface area contributed by atoms with Crippen LogP contribution in [0.2, 0.25) is 0 Å². The number of nitriles is 1. The third kappa shape index (κ3) is 6.07. The SMILES string of the molecule is CC1=CCC(=C2CC(=NOS(=O)(=O)c3ccc(OS(=O)(=O)c4ccccc4)cc3)CS2)C=C1CC#N. The average molecular weight is 543 g/mol. The van der Waals surface area contributed by atoms with Crippen LogP contribution < -0.4 is 4.18 Å². The molecule has 2 aliphatic rings. The molecule has 11 heteroatoms. The Bertz CT molecular complexity index is 1530. The molecule has 0 saturated carbocycles. The molecular formula is C25H22N2O6S3. The fourth-order valence-corrected chi connectivity index (χ4v) is 6.34. The number of benzene rings is 2. The Hall–Kier alpha value is -3.33. The molecule has 8 nitrogen and oxygen atoms in total. The maximum atomic E-state index is 12.6. The highest BCUT2D eigenvalue weighted by atomic mass is 32.2. The molecule has 1 aliphatic carbocycles. The van der Waals surface area contributed by atoms with E-state index < -0.39 is 20.2 Å². The molecule has 1 aliphatic heterocycles. The van der Waals surface area contributed by atoms with Gasteiger partial charge < -0.3 is 4.18 Å². The molecule has 0 spiro atoms. The quantitative estimate of drug-likeness (QED) is 0.350. The molecule has 0 bridgehead atoms. The second kappa shape index (κ2) is 10.7. The average Bonchev–Trinajstić information content (AvgIpc) is 3.34. The first-order chi connectivity index (χ1) is 17.2. The third-order valence-corrected chi connectivity index (χ3v) is 9.12. The highest BCUT2D eigenvalue weighted by molar-refractivity contribution is 8.04. The van der Waals surface area contributed by atoms with E-state index >= 15 is 0 Å². The van der Waals surface area contributed by atoms with Gasteiger partial charge in [0.1, 0.15) is 15.5 Å². The standard InChI is InChI=1S/C25H22N2O6S3/c1-18-7-8-20(15-19(18)13-14-26)25-16-21(17-34-25)27-33-36(30,31)24-11-9-22(10-12-24)32-35(28,29)23-5-3-2-4-6-23/h2-7,9-12,15H,8,13,16-17H2,1H3. The van der Waals surface area contributed by atoms with Crippen molar-refractivity contribution in [3.63, 3.8) is 0 Å². The van der Waals surface area contributed by atoms with Crippen LogP contribution in [-0.2, 0) is 24.5 Å². The Morgan fingerprint density at radius 2 is 1.69 bits per heavy atom. The molecule has 0 N–H and O–H groups in total. The van der Waals surface area contributed by atoms with Gasteiger partial charge in [-0.25, -0.2) is 0 Å². The zero-order valence-electron chi connectivity index (χ0n) is 19.2. The third-order valence-electron chi connectivity index (χ3n) is 5.50. The summed E-state index contributed by atoms with van der Waals surface area (Å²) in [5, 5.41) is 12.9. The van der Waals surface area contributed by atoms with E-state index in [1.54, 1.807) is 30.0 Å². The molecule has 0 amide bonds. The minimum Gasteiger partial charge on any atom is -0.379 e. The van der Waals surface area contributed by atoms with Crippen LogP contribution in [0.5, 0.6) is 5.75 Å². The fourth-order valence-electron chi connectivity index (χ4n) is 3.54. The van der Waals surface area contributed by atoms with Crippen LogP contribution in [0.3, 0.4) is 0 Å². The van der Waals surface area contributed by atoms with E-state index in [0.717, 1.165) is 28.0 Å². The molecule has 2 aromatic rings. The Balaban J connectivity index is 1.42. The molecule has 0 aromatic heterocycles. The van der Waals surface area contributed by atoms with Gasteiger partial charge in [-0.05, 0) is 65.8 Å². The highest BCUT2D eigenvalue weighted by Gasteiger charge is 2.23. The summed E-state index contributed by atoms with van der Waals surface area (Å²) in [5.74, 6) is 0.468. The molecule has 0 radical (unpaired) electrons. The van der Waals surface area contributed by atoms with Crippen molar-refractivity contribution >= 4 is 37.7 Å². The van der Waals surface area contributed by atoms with Crippen molar-refractivity contribution in [2.45, 2.75) is 36.0 Å². The molecule has 1 heterocycles. The Morgan fingerprint density at radius 1 is 1.00 bits per heavy atom. The maximum Gasteiger partial charge on any atom is 0.358 e. The van der Waals surface area contributed by atoms with Crippen LogP contribution in [0.15, 0.2) is 103 Å². The lowest BCUT2D eigenvalue weighted by molar-refractivity contribution is 0.338. The molecule has 4 rings (SSSR count). The van der Waals surface area contributed by atoms with Gasteiger partial charge in [0, 0.05) is 12.2 Å². The molecule has 186 valence electrons. The predicted molar refractivity (Wildman–Crippen MR) is 137 cm³/mol. The number of hydrogen-bond donors (Lipinski definition) is 0. The highest BCUT2D eigenvalue weighted by Crippen LogP contribution is 2.37. The van der Waals surface area contributed by atoms with Gasteiger partial charge in [-0.1, -0.05) is 41.1 Å². The normalized spacial score (nSPS) is 19.4.